The Morgan fingerprint density at radius 3 is 2.48 bits per heavy atom. The van der Waals surface area contributed by atoms with Gasteiger partial charge in [0.15, 0.2) is 0 Å². The average Bonchev–Trinajstić information content (AvgIpc) is 2.52. The SMILES string of the molecule is CCCNC(C)(CC(=O)OC)c1cc(OC)ccc1OC. The van der Waals surface area contributed by atoms with Crippen molar-refractivity contribution >= 4 is 5.97 Å². The van der Waals surface area contributed by atoms with Crippen LogP contribution in [0.15, 0.2) is 18.2 Å². The number of hydrogen-bond acceptors (Lipinski definition) is 5. The number of esters is 1. The normalized spacial score (nSPS) is 13.4. The molecule has 5 nitrogen and oxygen atoms in total. The van der Waals surface area contributed by atoms with Crippen LogP contribution < -0.4 is 14.8 Å². The van der Waals surface area contributed by atoms with Crippen molar-refractivity contribution in [3.05, 3.63) is 23.8 Å². The van der Waals surface area contributed by atoms with E-state index >= 15 is 0 Å². The van der Waals surface area contributed by atoms with E-state index in [0.717, 1.165) is 24.3 Å². The van der Waals surface area contributed by atoms with Crippen LogP contribution in [0.2, 0.25) is 0 Å². The molecule has 0 aliphatic rings. The van der Waals surface area contributed by atoms with Gasteiger partial charge in [-0.1, -0.05) is 6.92 Å². The maximum absolute atomic E-state index is 11.8. The fourth-order valence-corrected chi connectivity index (χ4v) is 2.26. The summed E-state index contributed by atoms with van der Waals surface area (Å²) >= 11 is 0. The maximum Gasteiger partial charge on any atom is 0.307 e. The van der Waals surface area contributed by atoms with E-state index in [1.54, 1.807) is 14.2 Å². The molecule has 0 aromatic heterocycles. The van der Waals surface area contributed by atoms with Gasteiger partial charge in [-0.2, -0.15) is 0 Å². The van der Waals surface area contributed by atoms with Crippen LogP contribution in [0.3, 0.4) is 0 Å². The number of rotatable bonds is 8. The third-order valence-electron chi connectivity index (χ3n) is 3.49. The zero-order chi connectivity index (χ0) is 15.9. The lowest BCUT2D eigenvalue weighted by atomic mass is 9.87. The predicted octanol–water partition coefficient (Wildman–Crippen LogP) is 2.48. The molecule has 1 aromatic carbocycles. The Balaban J connectivity index is 3.25. The molecular weight excluding hydrogens is 270 g/mol. The molecule has 118 valence electrons. The molecule has 0 aliphatic heterocycles. The quantitative estimate of drug-likeness (QED) is 0.747. The van der Waals surface area contributed by atoms with E-state index in [1.807, 2.05) is 25.1 Å². The van der Waals surface area contributed by atoms with Crippen molar-refractivity contribution in [2.75, 3.05) is 27.9 Å². The van der Waals surface area contributed by atoms with Crippen LogP contribution in [0.25, 0.3) is 0 Å². The number of methoxy groups -OCH3 is 3. The lowest BCUT2D eigenvalue weighted by Crippen LogP contribution is -2.42. The van der Waals surface area contributed by atoms with E-state index in [4.69, 9.17) is 14.2 Å². The van der Waals surface area contributed by atoms with Crippen LogP contribution >= 0.6 is 0 Å². The molecule has 1 atom stereocenters. The highest BCUT2D eigenvalue weighted by Crippen LogP contribution is 2.35. The van der Waals surface area contributed by atoms with Crippen LogP contribution in [0.4, 0.5) is 0 Å². The number of carbonyl (C=O) groups is 1. The maximum atomic E-state index is 11.8. The van der Waals surface area contributed by atoms with Crippen molar-refractivity contribution in [3.63, 3.8) is 0 Å². The van der Waals surface area contributed by atoms with E-state index in [0.29, 0.717) is 5.75 Å². The summed E-state index contributed by atoms with van der Waals surface area (Å²) in [6.07, 6.45) is 1.18. The van der Waals surface area contributed by atoms with E-state index < -0.39 is 5.54 Å². The van der Waals surface area contributed by atoms with Crippen LogP contribution in [0, 0.1) is 0 Å². The molecule has 1 aromatic rings. The molecule has 0 bridgehead atoms. The van der Waals surface area contributed by atoms with Gasteiger partial charge in [0.25, 0.3) is 0 Å². The lowest BCUT2D eigenvalue weighted by molar-refractivity contribution is -0.142. The van der Waals surface area contributed by atoms with E-state index in [2.05, 4.69) is 12.2 Å². The van der Waals surface area contributed by atoms with E-state index in [-0.39, 0.29) is 12.4 Å². The highest BCUT2D eigenvalue weighted by atomic mass is 16.5. The second kappa shape index (κ2) is 7.88. The third kappa shape index (κ3) is 4.36. The zero-order valence-electron chi connectivity index (χ0n) is 13.5. The van der Waals surface area contributed by atoms with E-state index in [9.17, 15) is 4.79 Å². The lowest BCUT2D eigenvalue weighted by Gasteiger charge is -2.32. The Morgan fingerprint density at radius 1 is 1.24 bits per heavy atom. The van der Waals surface area contributed by atoms with Gasteiger partial charge >= 0.3 is 5.97 Å². The predicted molar refractivity (Wildman–Crippen MR) is 81.8 cm³/mol. The van der Waals surface area contributed by atoms with Crippen LogP contribution in [-0.2, 0) is 15.1 Å². The fourth-order valence-electron chi connectivity index (χ4n) is 2.26. The Hall–Kier alpha value is -1.75. The summed E-state index contributed by atoms with van der Waals surface area (Å²) in [5.41, 5.74) is 0.298. The molecule has 1 unspecified atom stereocenters. The van der Waals surface area contributed by atoms with Crippen molar-refractivity contribution in [1.29, 1.82) is 0 Å². The number of ether oxygens (including phenoxy) is 3. The summed E-state index contributed by atoms with van der Waals surface area (Å²) in [6, 6.07) is 5.57. The minimum absolute atomic E-state index is 0.215. The molecule has 5 heteroatoms. The smallest absolute Gasteiger partial charge is 0.307 e. The Bertz CT molecular complexity index is 475. The molecule has 0 fully saturated rings. The first-order valence-electron chi connectivity index (χ1n) is 7.05. The topological polar surface area (TPSA) is 56.8 Å². The summed E-state index contributed by atoms with van der Waals surface area (Å²) in [5, 5.41) is 3.42. The number of benzene rings is 1. The van der Waals surface area contributed by atoms with Gasteiger partial charge in [-0.3, -0.25) is 4.79 Å². The number of nitrogens with one attached hydrogen (secondary N) is 1. The Kier molecular flexibility index (Phi) is 6.49. The zero-order valence-corrected chi connectivity index (χ0v) is 13.5. The largest absolute Gasteiger partial charge is 0.497 e. The van der Waals surface area contributed by atoms with Crippen molar-refractivity contribution in [2.45, 2.75) is 32.2 Å². The van der Waals surface area contributed by atoms with Crippen LogP contribution in [0.5, 0.6) is 11.5 Å². The summed E-state index contributed by atoms with van der Waals surface area (Å²) in [4.78, 5) is 11.8. The average molecular weight is 295 g/mol. The van der Waals surface area contributed by atoms with Gasteiger partial charge < -0.3 is 19.5 Å². The summed E-state index contributed by atoms with van der Waals surface area (Å²) in [6.45, 7) is 4.83. The highest BCUT2D eigenvalue weighted by Gasteiger charge is 2.32. The second-order valence-corrected chi connectivity index (χ2v) is 5.08. The molecule has 0 heterocycles. The van der Waals surface area contributed by atoms with Gasteiger partial charge in [-0.05, 0) is 38.1 Å². The third-order valence-corrected chi connectivity index (χ3v) is 3.49. The first kappa shape index (κ1) is 17.3. The molecule has 0 spiro atoms. The van der Waals surface area contributed by atoms with Gasteiger partial charge in [-0.15, -0.1) is 0 Å². The minimum atomic E-state index is -0.580. The highest BCUT2D eigenvalue weighted by molar-refractivity contribution is 5.71. The van der Waals surface area contributed by atoms with Crippen molar-refractivity contribution in [2.24, 2.45) is 0 Å². The Morgan fingerprint density at radius 2 is 1.95 bits per heavy atom. The monoisotopic (exact) mass is 295 g/mol. The summed E-state index contributed by atoms with van der Waals surface area (Å²) < 4.78 is 15.6. The van der Waals surface area contributed by atoms with Gasteiger partial charge in [0.05, 0.1) is 33.3 Å². The Labute approximate surface area is 126 Å². The van der Waals surface area contributed by atoms with Crippen LogP contribution in [-0.4, -0.2) is 33.8 Å². The first-order valence-corrected chi connectivity index (χ1v) is 7.05. The summed E-state index contributed by atoms with van der Waals surface area (Å²) in [5.74, 6) is 1.16. The molecule has 1 rings (SSSR count). The van der Waals surface area contributed by atoms with Gasteiger partial charge in [0, 0.05) is 5.56 Å². The van der Waals surface area contributed by atoms with Gasteiger partial charge in [0.1, 0.15) is 11.5 Å². The molecule has 0 saturated heterocycles. The van der Waals surface area contributed by atoms with Crippen molar-refractivity contribution in [1.82, 2.24) is 5.32 Å². The van der Waals surface area contributed by atoms with Gasteiger partial charge in [-0.25, -0.2) is 0 Å². The molecular formula is C16H25NO4. The second-order valence-electron chi connectivity index (χ2n) is 5.08. The molecule has 0 aliphatic carbocycles. The molecule has 21 heavy (non-hydrogen) atoms. The standard InChI is InChI=1S/C16H25NO4/c1-6-9-17-16(2,11-15(18)21-5)13-10-12(19-3)7-8-14(13)20-4/h7-8,10,17H,6,9,11H2,1-5H3. The molecule has 0 saturated carbocycles. The number of hydrogen-bond donors (Lipinski definition) is 1. The van der Waals surface area contributed by atoms with E-state index in [1.165, 1.54) is 7.11 Å². The van der Waals surface area contributed by atoms with Crippen LogP contribution in [0.1, 0.15) is 32.3 Å². The fraction of sp³-hybridized carbons (Fsp3) is 0.562. The summed E-state index contributed by atoms with van der Waals surface area (Å²) in [7, 11) is 4.62. The van der Waals surface area contributed by atoms with Crippen molar-refractivity contribution in [3.8, 4) is 11.5 Å². The molecule has 1 N–H and O–H groups in total. The minimum Gasteiger partial charge on any atom is -0.497 e. The molecule has 0 radical (unpaired) electrons. The van der Waals surface area contributed by atoms with Crippen molar-refractivity contribution < 1.29 is 19.0 Å². The number of carbonyl (C=O) groups excluding carboxylic acids is 1. The van der Waals surface area contributed by atoms with Gasteiger partial charge in [0.2, 0.25) is 0 Å². The molecule has 0 amide bonds. The first-order chi connectivity index (χ1) is 10.0.